The van der Waals surface area contributed by atoms with E-state index in [9.17, 15) is 4.79 Å². The third kappa shape index (κ3) is 5.00. The average molecular weight is 236 g/mol. The summed E-state index contributed by atoms with van der Waals surface area (Å²) in [5.74, 6) is -0.555. The van der Waals surface area contributed by atoms with E-state index in [1.807, 2.05) is 45.0 Å². The quantitative estimate of drug-likeness (QED) is 0.826. The van der Waals surface area contributed by atoms with Gasteiger partial charge in [0.1, 0.15) is 0 Å². The van der Waals surface area contributed by atoms with Gasteiger partial charge in [-0.15, -0.1) is 0 Å². The molecule has 1 N–H and O–H groups in total. The molecule has 0 fully saturated rings. The molecule has 1 aromatic rings. The number of benzene rings is 1. The first-order valence-corrected chi connectivity index (χ1v) is 5.89. The highest BCUT2D eigenvalue weighted by Gasteiger charge is 2.18. The van der Waals surface area contributed by atoms with Gasteiger partial charge in [0.15, 0.2) is 6.10 Å². The molecule has 0 saturated carbocycles. The first-order chi connectivity index (χ1) is 7.99. The second kappa shape index (κ2) is 6.40. The third-order valence-electron chi connectivity index (χ3n) is 2.45. The van der Waals surface area contributed by atoms with Crippen molar-refractivity contribution < 1.29 is 14.6 Å². The zero-order valence-corrected chi connectivity index (χ0v) is 10.6. The topological polar surface area (TPSA) is 46.5 Å². The van der Waals surface area contributed by atoms with Crippen molar-refractivity contribution in [3.63, 3.8) is 0 Å². The molecule has 3 heteroatoms. The standard InChI is InChI=1S/C14H20O3/c1-10(2)9-17-13(14(15)16)8-12-6-4-11(3)5-7-12/h4-7,10,13H,8-9H2,1-3H3,(H,15,16)/t13-/m1/s1. The van der Waals surface area contributed by atoms with Crippen molar-refractivity contribution in [3.8, 4) is 0 Å². The molecule has 0 aliphatic heterocycles. The van der Waals surface area contributed by atoms with Gasteiger partial charge in [0, 0.05) is 6.42 Å². The van der Waals surface area contributed by atoms with Crippen molar-refractivity contribution in [2.45, 2.75) is 33.3 Å². The summed E-state index contributed by atoms with van der Waals surface area (Å²) < 4.78 is 5.40. The minimum Gasteiger partial charge on any atom is -0.479 e. The summed E-state index contributed by atoms with van der Waals surface area (Å²) in [5.41, 5.74) is 2.16. The molecule has 0 spiro atoms. The second-order valence-electron chi connectivity index (χ2n) is 4.74. The Morgan fingerprint density at radius 3 is 2.35 bits per heavy atom. The first kappa shape index (κ1) is 13.7. The van der Waals surface area contributed by atoms with Gasteiger partial charge in [0.05, 0.1) is 6.61 Å². The lowest BCUT2D eigenvalue weighted by Gasteiger charge is -2.15. The minimum atomic E-state index is -0.897. The van der Waals surface area contributed by atoms with Crippen LogP contribution in [0.5, 0.6) is 0 Å². The summed E-state index contributed by atoms with van der Waals surface area (Å²) in [5, 5.41) is 9.08. The van der Waals surface area contributed by atoms with Gasteiger partial charge in [-0.3, -0.25) is 0 Å². The smallest absolute Gasteiger partial charge is 0.333 e. The molecule has 1 rings (SSSR count). The molecule has 0 unspecified atom stereocenters. The Morgan fingerprint density at radius 1 is 1.29 bits per heavy atom. The normalized spacial score (nSPS) is 12.7. The highest BCUT2D eigenvalue weighted by molar-refractivity contribution is 5.72. The average Bonchev–Trinajstić information content (AvgIpc) is 2.26. The fraction of sp³-hybridized carbons (Fsp3) is 0.500. The van der Waals surface area contributed by atoms with Crippen LogP contribution in [0.3, 0.4) is 0 Å². The summed E-state index contributed by atoms with van der Waals surface area (Å²) in [4.78, 5) is 11.1. The van der Waals surface area contributed by atoms with Gasteiger partial charge >= 0.3 is 5.97 Å². The van der Waals surface area contributed by atoms with E-state index in [0.29, 0.717) is 18.9 Å². The van der Waals surface area contributed by atoms with Crippen LogP contribution in [-0.4, -0.2) is 23.8 Å². The summed E-state index contributed by atoms with van der Waals surface area (Å²) in [6.07, 6.45) is -0.331. The number of carbonyl (C=O) groups is 1. The van der Waals surface area contributed by atoms with Crippen LogP contribution in [-0.2, 0) is 16.0 Å². The molecule has 0 aromatic heterocycles. The highest BCUT2D eigenvalue weighted by Crippen LogP contribution is 2.09. The van der Waals surface area contributed by atoms with E-state index < -0.39 is 12.1 Å². The van der Waals surface area contributed by atoms with Crippen LogP contribution in [0.4, 0.5) is 0 Å². The summed E-state index contributed by atoms with van der Waals surface area (Å²) in [6.45, 7) is 6.49. The molecule has 0 amide bonds. The lowest BCUT2D eigenvalue weighted by atomic mass is 10.1. The first-order valence-electron chi connectivity index (χ1n) is 5.89. The molecule has 17 heavy (non-hydrogen) atoms. The number of hydrogen-bond donors (Lipinski definition) is 1. The van der Waals surface area contributed by atoms with Crippen LogP contribution in [0.2, 0.25) is 0 Å². The maximum absolute atomic E-state index is 11.1. The minimum absolute atomic E-state index is 0.342. The second-order valence-corrected chi connectivity index (χ2v) is 4.74. The Bertz CT molecular complexity index is 354. The molecule has 0 aliphatic rings. The van der Waals surface area contributed by atoms with Crippen molar-refractivity contribution in [2.75, 3.05) is 6.61 Å². The van der Waals surface area contributed by atoms with Crippen molar-refractivity contribution >= 4 is 5.97 Å². The van der Waals surface area contributed by atoms with Crippen molar-refractivity contribution in [1.29, 1.82) is 0 Å². The molecule has 0 heterocycles. The van der Waals surface area contributed by atoms with Gasteiger partial charge in [-0.25, -0.2) is 4.79 Å². The van der Waals surface area contributed by atoms with Crippen molar-refractivity contribution in [3.05, 3.63) is 35.4 Å². The van der Waals surface area contributed by atoms with Crippen LogP contribution in [0.25, 0.3) is 0 Å². The van der Waals surface area contributed by atoms with Crippen LogP contribution in [0, 0.1) is 12.8 Å². The lowest BCUT2D eigenvalue weighted by molar-refractivity contribution is -0.150. The number of aliphatic carboxylic acids is 1. The van der Waals surface area contributed by atoms with E-state index >= 15 is 0 Å². The number of rotatable bonds is 6. The zero-order chi connectivity index (χ0) is 12.8. The number of carboxylic acids is 1. The van der Waals surface area contributed by atoms with Gasteiger partial charge in [-0.1, -0.05) is 43.7 Å². The maximum atomic E-state index is 11.1. The fourth-order valence-corrected chi connectivity index (χ4v) is 1.46. The van der Waals surface area contributed by atoms with Crippen molar-refractivity contribution in [2.24, 2.45) is 5.92 Å². The molecular formula is C14H20O3. The van der Waals surface area contributed by atoms with Crippen LogP contribution >= 0.6 is 0 Å². The van der Waals surface area contributed by atoms with Crippen LogP contribution < -0.4 is 0 Å². The maximum Gasteiger partial charge on any atom is 0.333 e. The molecule has 1 atom stereocenters. The van der Waals surface area contributed by atoms with Gasteiger partial charge in [-0.2, -0.15) is 0 Å². The molecule has 0 radical (unpaired) electrons. The van der Waals surface area contributed by atoms with E-state index in [1.54, 1.807) is 0 Å². The monoisotopic (exact) mass is 236 g/mol. The van der Waals surface area contributed by atoms with Gasteiger partial charge in [0.2, 0.25) is 0 Å². The lowest BCUT2D eigenvalue weighted by Crippen LogP contribution is -2.27. The van der Waals surface area contributed by atoms with E-state index in [-0.39, 0.29) is 0 Å². The Labute approximate surface area is 102 Å². The number of aryl methyl sites for hydroxylation is 1. The number of carboxylic acid groups (broad SMARTS) is 1. The van der Waals surface area contributed by atoms with Crippen LogP contribution in [0.1, 0.15) is 25.0 Å². The Hall–Kier alpha value is -1.35. The predicted octanol–water partition coefficient (Wildman–Crippen LogP) is 2.66. The predicted molar refractivity (Wildman–Crippen MR) is 67.1 cm³/mol. The Balaban J connectivity index is 2.60. The van der Waals surface area contributed by atoms with Gasteiger partial charge < -0.3 is 9.84 Å². The van der Waals surface area contributed by atoms with Crippen molar-refractivity contribution in [1.82, 2.24) is 0 Å². The molecule has 3 nitrogen and oxygen atoms in total. The summed E-state index contributed by atoms with van der Waals surface area (Å²) in [7, 11) is 0. The molecule has 1 aromatic carbocycles. The third-order valence-corrected chi connectivity index (χ3v) is 2.45. The highest BCUT2D eigenvalue weighted by atomic mass is 16.5. The zero-order valence-electron chi connectivity index (χ0n) is 10.6. The van der Waals surface area contributed by atoms with E-state index in [1.165, 1.54) is 5.56 Å². The fourth-order valence-electron chi connectivity index (χ4n) is 1.46. The van der Waals surface area contributed by atoms with E-state index in [0.717, 1.165) is 5.56 Å². The SMILES string of the molecule is Cc1ccc(C[C@@H](OCC(C)C)C(=O)O)cc1. The Kier molecular flexibility index (Phi) is 5.16. The summed E-state index contributed by atoms with van der Waals surface area (Å²) in [6, 6.07) is 7.86. The van der Waals surface area contributed by atoms with Crippen LogP contribution in [0.15, 0.2) is 24.3 Å². The Morgan fingerprint density at radius 2 is 1.88 bits per heavy atom. The molecule has 0 aliphatic carbocycles. The molecule has 0 bridgehead atoms. The molecule has 94 valence electrons. The largest absolute Gasteiger partial charge is 0.479 e. The summed E-state index contributed by atoms with van der Waals surface area (Å²) >= 11 is 0. The number of hydrogen-bond acceptors (Lipinski definition) is 2. The van der Waals surface area contributed by atoms with E-state index in [4.69, 9.17) is 9.84 Å². The molecule has 0 saturated heterocycles. The van der Waals surface area contributed by atoms with Gasteiger partial charge in [-0.05, 0) is 18.4 Å². The van der Waals surface area contributed by atoms with Gasteiger partial charge in [0.25, 0.3) is 0 Å². The molecular weight excluding hydrogens is 216 g/mol. The number of ether oxygens (including phenoxy) is 1. The van der Waals surface area contributed by atoms with E-state index in [2.05, 4.69) is 0 Å².